The van der Waals surface area contributed by atoms with Gasteiger partial charge in [-0.05, 0) is 57.2 Å². The first-order valence-corrected chi connectivity index (χ1v) is 12.5. The fourth-order valence-electron chi connectivity index (χ4n) is 6.85. The molecule has 1 aliphatic carbocycles. The Bertz CT molecular complexity index is 1120. The van der Waals surface area contributed by atoms with Crippen LogP contribution in [0.2, 0.25) is 0 Å². The zero-order valence-electron chi connectivity index (χ0n) is 20.6. The molecule has 0 spiro atoms. The first-order valence-electron chi connectivity index (χ1n) is 12.5. The molecule has 4 unspecified atom stereocenters. The minimum Gasteiger partial charge on any atom is -0.305 e. The van der Waals surface area contributed by atoms with Gasteiger partial charge in [0.25, 0.3) is 5.91 Å². The van der Waals surface area contributed by atoms with Crippen molar-refractivity contribution in [2.45, 2.75) is 76.8 Å². The molecule has 3 amide bonds. The van der Waals surface area contributed by atoms with Crippen molar-refractivity contribution in [2.24, 2.45) is 11.8 Å². The van der Waals surface area contributed by atoms with Gasteiger partial charge in [0.1, 0.15) is 6.04 Å². The molecule has 2 aliphatic heterocycles. The third-order valence-corrected chi connectivity index (χ3v) is 8.38. The molecule has 178 valence electrons. The molecule has 1 saturated heterocycles. The van der Waals surface area contributed by atoms with E-state index in [9.17, 15) is 14.4 Å². The first kappa shape index (κ1) is 22.8. The van der Waals surface area contributed by atoms with Crippen molar-refractivity contribution < 1.29 is 14.4 Å². The standard InChI is InChI=1S/C29H34N2O3/c1-19(30-26(33)21-14-8-9-15-22(21)27(30)34)25(32)31-24-17-11-10-16-23(24)29(4,18-28(31,2)3)20-12-6-5-7-13-20/h5-7,10-13,16-17,19,21-22H,8-9,14-15,18H2,1-4H3. The summed E-state index contributed by atoms with van der Waals surface area (Å²) in [5.74, 6) is -1.01. The van der Waals surface area contributed by atoms with Crippen LogP contribution >= 0.6 is 0 Å². The normalized spacial score (nSPS) is 28.9. The highest BCUT2D eigenvalue weighted by molar-refractivity contribution is 6.11. The summed E-state index contributed by atoms with van der Waals surface area (Å²) in [7, 11) is 0. The molecule has 0 aromatic heterocycles. The van der Waals surface area contributed by atoms with Crippen LogP contribution in [0.3, 0.4) is 0 Å². The highest BCUT2D eigenvalue weighted by atomic mass is 16.2. The Morgan fingerprint density at radius 1 is 0.882 bits per heavy atom. The smallest absolute Gasteiger partial charge is 0.250 e. The number of para-hydroxylation sites is 1. The summed E-state index contributed by atoms with van der Waals surface area (Å²) >= 11 is 0. The summed E-state index contributed by atoms with van der Waals surface area (Å²) in [5, 5.41) is 0. The van der Waals surface area contributed by atoms with Gasteiger partial charge < -0.3 is 4.90 Å². The molecule has 2 heterocycles. The summed E-state index contributed by atoms with van der Waals surface area (Å²) in [6, 6.07) is 17.7. The number of nitrogens with zero attached hydrogens (tertiary/aromatic N) is 2. The topological polar surface area (TPSA) is 57.7 Å². The monoisotopic (exact) mass is 458 g/mol. The highest BCUT2D eigenvalue weighted by Gasteiger charge is 2.54. The number of carbonyl (C=O) groups excluding carboxylic acids is 3. The number of likely N-dealkylation sites (tertiary alicyclic amines) is 1. The van der Waals surface area contributed by atoms with Gasteiger partial charge in [0.15, 0.2) is 0 Å². The summed E-state index contributed by atoms with van der Waals surface area (Å²) in [6.45, 7) is 8.13. The third kappa shape index (κ3) is 3.31. The number of imide groups is 1. The number of carbonyl (C=O) groups is 3. The maximum absolute atomic E-state index is 14.1. The molecule has 5 heteroatoms. The fraction of sp³-hybridized carbons (Fsp3) is 0.483. The Kier molecular flexibility index (Phi) is 5.42. The molecule has 5 rings (SSSR count). The molecule has 2 aromatic rings. The third-order valence-electron chi connectivity index (χ3n) is 8.38. The number of fused-ring (bicyclic) bond motifs is 2. The van der Waals surface area contributed by atoms with Crippen molar-refractivity contribution in [3.8, 4) is 0 Å². The summed E-state index contributed by atoms with van der Waals surface area (Å²) in [4.78, 5) is 43.6. The minimum absolute atomic E-state index is 0.159. The highest BCUT2D eigenvalue weighted by Crippen LogP contribution is 2.51. The van der Waals surface area contributed by atoms with Crippen LogP contribution in [0.1, 0.15) is 70.9 Å². The molecular formula is C29H34N2O3. The lowest BCUT2D eigenvalue weighted by molar-refractivity contribution is -0.147. The molecule has 0 bridgehead atoms. The van der Waals surface area contributed by atoms with Crippen LogP contribution in [0.4, 0.5) is 5.69 Å². The molecule has 2 aromatic carbocycles. The van der Waals surface area contributed by atoms with Gasteiger partial charge in [-0.15, -0.1) is 0 Å². The molecule has 1 saturated carbocycles. The van der Waals surface area contributed by atoms with Gasteiger partial charge in [-0.3, -0.25) is 19.3 Å². The second-order valence-corrected chi connectivity index (χ2v) is 11.1. The van der Waals surface area contributed by atoms with E-state index in [0.29, 0.717) is 0 Å². The molecular weight excluding hydrogens is 424 g/mol. The van der Waals surface area contributed by atoms with Crippen molar-refractivity contribution in [1.82, 2.24) is 4.90 Å². The van der Waals surface area contributed by atoms with E-state index in [1.54, 1.807) is 6.92 Å². The average Bonchev–Trinajstić information content (AvgIpc) is 3.08. The Balaban J connectivity index is 1.54. The van der Waals surface area contributed by atoms with Gasteiger partial charge in [-0.25, -0.2) is 0 Å². The number of amides is 3. The summed E-state index contributed by atoms with van der Waals surface area (Å²) < 4.78 is 0. The van der Waals surface area contributed by atoms with Crippen molar-refractivity contribution in [2.75, 3.05) is 4.90 Å². The van der Waals surface area contributed by atoms with E-state index in [1.807, 2.05) is 29.2 Å². The van der Waals surface area contributed by atoms with Crippen molar-refractivity contribution in [3.05, 3.63) is 65.7 Å². The van der Waals surface area contributed by atoms with E-state index >= 15 is 0 Å². The van der Waals surface area contributed by atoms with Gasteiger partial charge in [0.05, 0.1) is 11.8 Å². The van der Waals surface area contributed by atoms with E-state index in [0.717, 1.165) is 43.4 Å². The van der Waals surface area contributed by atoms with Crippen molar-refractivity contribution >= 4 is 23.4 Å². The van der Waals surface area contributed by atoms with Gasteiger partial charge in [-0.2, -0.15) is 0 Å². The van der Waals surface area contributed by atoms with E-state index in [1.165, 1.54) is 10.5 Å². The number of rotatable bonds is 3. The lowest BCUT2D eigenvalue weighted by Crippen LogP contribution is -2.60. The van der Waals surface area contributed by atoms with Crippen LogP contribution in [-0.2, 0) is 19.8 Å². The minimum atomic E-state index is -0.820. The van der Waals surface area contributed by atoms with Crippen LogP contribution in [0.5, 0.6) is 0 Å². The predicted molar refractivity (Wildman–Crippen MR) is 132 cm³/mol. The molecule has 4 atom stereocenters. The lowest BCUT2D eigenvalue weighted by Gasteiger charge is -2.52. The van der Waals surface area contributed by atoms with Crippen LogP contribution in [0, 0.1) is 11.8 Å². The van der Waals surface area contributed by atoms with E-state index in [4.69, 9.17) is 0 Å². The Labute approximate surface area is 202 Å². The zero-order chi connectivity index (χ0) is 24.3. The number of benzene rings is 2. The number of anilines is 1. The maximum atomic E-state index is 14.1. The Morgan fingerprint density at radius 2 is 1.44 bits per heavy atom. The van der Waals surface area contributed by atoms with Gasteiger partial charge in [0, 0.05) is 16.6 Å². The fourth-order valence-corrected chi connectivity index (χ4v) is 6.85. The molecule has 2 fully saturated rings. The largest absolute Gasteiger partial charge is 0.305 e. The van der Waals surface area contributed by atoms with Gasteiger partial charge in [-0.1, -0.05) is 68.3 Å². The molecule has 0 N–H and O–H groups in total. The van der Waals surface area contributed by atoms with Crippen LogP contribution < -0.4 is 4.90 Å². The summed E-state index contributed by atoms with van der Waals surface area (Å²) in [6.07, 6.45) is 4.18. The summed E-state index contributed by atoms with van der Waals surface area (Å²) in [5.41, 5.74) is 2.38. The van der Waals surface area contributed by atoms with Gasteiger partial charge in [0.2, 0.25) is 11.8 Å². The van der Waals surface area contributed by atoms with Crippen LogP contribution in [0.15, 0.2) is 54.6 Å². The van der Waals surface area contributed by atoms with Crippen molar-refractivity contribution in [1.29, 1.82) is 0 Å². The van der Waals surface area contributed by atoms with Crippen LogP contribution in [-0.4, -0.2) is 34.2 Å². The lowest BCUT2D eigenvalue weighted by atomic mass is 9.65. The second-order valence-electron chi connectivity index (χ2n) is 11.1. The van der Waals surface area contributed by atoms with Gasteiger partial charge >= 0.3 is 0 Å². The van der Waals surface area contributed by atoms with Crippen molar-refractivity contribution in [3.63, 3.8) is 0 Å². The first-order chi connectivity index (χ1) is 16.2. The van der Waals surface area contributed by atoms with E-state index in [2.05, 4.69) is 51.1 Å². The average molecular weight is 459 g/mol. The predicted octanol–water partition coefficient (Wildman–Crippen LogP) is 5.07. The van der Waals surface area contributed by atoms with E-state index in [-0.39, 0.29) is 35.0 Å². The molecule has 0 radical (unpaired) electrons. The quantitative estimate of drug-likeness (QED) is 0.604. The number of hydrogen-bond donors (Lipinski definition) is 0. The molecule has 34 heavy (non-hydrogen) atoms. The zero-order valence-corrected chi connectivity index (χ0v) is 20.6. The second kappa shape index (κ2) is 8.07. The Hall–Kier alpha value is -2.95. The SMILES string of the molecule is CC(C(=O)N1c2ccccc2C(C)(c2ccccc2)CC1(C)C)N1C(=O)C2CCCCC2C1=O. The number of hydrogen-bond acceptors (Lipinski definition) is 3. The van der Waals surface area contributed by atoms with E-state index < -0.39 is 11.6 Å². The Morgan fingerprint density at radius 3 is 2.06 bits per heavy atom. The molecule has 3 aliphatic rings. The molecule has 5 nitrogen and oxygen atoms in total. The van der Waals surface area contributed by atoms with Crippen LogP contribution in [0.25, 0.3) is 0 Å². The maximum Gasteiger partial charge on any atom is 0.250 e.